The van der Waals surface area contributed by atoms with Crippen LogP contribution in [0.15, 0.2) is 4.63 Å². The minimum Gasteiger partial charge on any atom is -0.379 e. The first kappa shape index (κ1) is 15.8. The average molecular weight is 295 g/mol. The zero-order valence-corrected chi connectivity index (χ0v) is 12.9. The fourth-order valence-corrected chi connectivity index (χ4v) is 2.77. The number of carbonyl (C=O) groups is 1. The van der Waals surface area contributed by atoms with Crippen molar-refractivity contribution in [3.8, 4) is 0 Å². The molecule has 0 saturated carbocycles. The summed E-state index contributed by atoms with van der Waals surface area (Å²) in [6.45, 7) is 5.96. The molecular weight excluding hydrogens is 270 g/mol. The molecule has 7 heteroatoms. The van der Waals surface area contributed by atoms with Gasteiger partial charge in [0.05, 0.1) is 0 Å². The predicted molar refractivity (Wildman–Crippen MR) is 79.7 cm³/mol. The standard InChI is InChI=1S/C14H25N5O2/c1-3-4-7-18(2)10-11-5-8-19(9-6-11)14(20)12-13(15)17-21-16-12/h11H,3-10H2,1-2H3,(H2,15,17). The number of likely N-dealkylation sites (tertiary alicyclic amines) is 1. The summed E-state index contributed by atoms with van der Waals surface area (Å²) in [4.78, 5) is 16.4. The van der Waals surface area contributed by atoms with Crippen molar-refractivity contribution in [3.63, 3.8) is 0 Å². The first-order valence-electron chi connectivity index (χ1n) is 7.67. The molecule has 2 rings (SSSR count). The number of hydrogen-bond acceptors (Lipinski definition) is 6. The van der Waals surface area contributed by atoms with Crippen LogP contribution in [-0.4, -0.2) is 59.2 Å². The van der Waals surface area contributed by atoms with Crippen LogP contribution >= 0.6 is 0 Å². The van der Waals surface area contributed by atoms with Gasteiger partial charge in [0, 0.05) is 19.6 Å². The van der Waals surface area contributed by atoms with E-state index in [-0.39, 0.29) is 17.4 Å². The highest BCUT2D eigenvalue weighted by molar-refractivity contribution is 5.96. The quantitative estimate of drug-likeness (QED) is 0.849. The molecule has 2 heterocycles. The lowest BCUT2D eigenvalue weighted by Crippen LogP contribution is -2.41. The maximum Gasteiger partial charge on any atom is 0.280 e. The molecule has 0 atom stereocenters. The average Bonchev–Trinajstić information content (AvgIpc) is 2.91. The molecule has 0 radical (unpaired) electrons. The Hall–Kier alpha value is -1.63. The van der Waals surface area contributed by atoms with Gasteiger partial charge in [-0.05, 0) is 49.1 Å². The Morgan fingerprint density at radius 3 is 2.71 bits per heavy atom. The molecule has 21 heavy (non-hydrogen) atoms. The lowest BCUT2D eigenvalue weighted by atomic mass is 9.96. The molecule has 0 aliphatic carbocycles. The van der Waals surface area contributed by atoms with Crippen LogP contribution in [0.2, 0.25) is 0 Å². The van der Waals surface area contributed by atoms with Crippen LogP contribution in [0.3, 0.4) is 0 Å². The Labute approximate surface area is 125 Å². The van der Waals surface area contributed by atoms with Crippen LogP contribution in [0.4, 0.5) is 5.82 Å². The third-order valence-electron chi connectivity index (χ3n) is 4.08. The van der Waals surface area contributed by atoms with E-state index >= 15 is 0 Å². The van der Waals surface area contributed by atoms with Crippen molar-refractivity contribution < 1.29 is 9.42 Å². The van der Waals surface area contributed by atoms with Crippen LogP contribution in [0.1, 0.15) is 43.1 Å². The van der Waals surface area contributed by atoms with E-state index in [2.05, 4.69) is 33.8 Å². The Kier molecular flexibility index (Phi) is 5.55. The maximum absolute atomic E-state index is 12.2. The van der Waals surface area contributed by atoms with Crippen molar-refractivity contribution in [2.45, 2.75) is 32.6 Å². The van der Waals surface area contributed by atoms with Crippen molar-refractivity contribution in [1.82, 2.24) is 20.1 Å². The van der Waals surface area contributed by atoms with Gasteiger partial charge >= 0.3 is 0 Å². The minimum absolute atomic E-state index is 0.0708. The van der Waals surface area contributed by atoms with Crippen molar-refractivity contribution >= 4 is 11.7 Å². The molecule has 118 valence electrons. The van der Waals surface area contributed by atoms with Gasteiger partial charge in [-0.25, -0.2) is 4.63 Å². The fourth-order valence-electron chi connectivity index (χ4n) is 2.77. The van der Waals surface area contributed by atoms with Gasteiger partial charge in [-0.1, -0.05) is 13.3 Å². The van der Waals surface area contributed by atoms with E-state index in [1.54, 1.807) is 4.90 Å². The number of carbonyl (C=O) groups excluding carboxylic acids is 1. The second-order valence-corrected chi connectivity index (χ2v) is 5.85. The van der Waals surface area contributed by atoms with Crippen molar-refractivity contribution in [1.29, 1.82) is 0 Å². The van der Waals surface area contributed by atoms with Crippen LogP contribution in [0.5, 0.6) is 0 Å². The van der Waals surface area contributed by atoms with Gasteiger partial charge < -0.3 is 15.5 Å². The molecule has 0 bridgehead atoms. The van der Waals surface area contributed by atoms with Crippen LogP contribution in [-0.2, 0) is 0 Å². The van der Waals surface area contributed by atoms with Crippen molar-refractivity contribution in [2.24, 2.45) is 5.92 Å². The molecular formula is C14H25N5O2. The molecule has 0 spiro atoms. The van der Waals surface area contributed by atoms with Gasteiger partial charge in [0.15, 0.2) is 0 Å². The van der Waals surface area contributed by atoms with Gasteiger partial charge in [-0.2, -0.15) is 0 Å². The topological polar surface area (TPSA) is 88.5 Å². The number of nitrogen functional groups attached to an aromatic ring is 1. The third kappa shape index (κ3) is 4.17. The van der Waals surface area contributed by atoms with E-state index in [4.69, 9.17) is 5.73 Å². The highest BCUT2D eigenvalue weighted by Gasteiger charge is 2.27. The van der Waals surface area contributed by atoms with Gasteiger partial charge in [0.2, 0.25) is 11.5 Å². The molecule has 1 aliphatic heterocycles. The highest BCUT2D eigenvalue weighted by atomic mass is 16.6. The number of hydrogen-bond donors (Lipinski definition) is 1. The molecule has 1 fully saturated rings. The molecule has 1 aromatic rings. The monoisotopic (exact) mass is 295 g/mol. The minimum atomic E-state index is -0.175. The Bertz CT molecular complexity index is 454. The van der Waals surface area contributed by atoms with Crippen LogP contribution in [0, 0.1) is 5.92 Å². The lowest BCUT2D eigenvalue weighted by Gasteiger charge is -2.33. The molecule has 0 aromatic carbocycles. The molecule has 2 N–H and O–H groups in total. The van der Waals surface area contributed by atoms with Crippen LogP contribution < -0.4 is 5.73 Å². The first-order valence-corrected chi connectivity index (χ1v) is 7.67. The molecule has 1 aliphatic rings. The summed E-state index contributed by atoms with van der Waals surface area (Å²) in [7, 11) is 2.18. The predicted octanol–water partition coefficient (Wildman–Crippen LogP) is 1.24. The summed E-state index contributed by atoms with van der Waals surface area (Å²) >= 11 is 0. The van der Waals surface area contributed by atoms with E-state index < -0.39 is 0 Å². The SMILES string of the molecule is CCCCN(C)CC1CCN(C(=O)c2nonc2N)CC1. The fraction of sp³-hybridized carbons (Fsp3) is 0.786. The summed E-state index contributed by atoms with van der Waals surface area (Å²) in [6, 6.07) is 0. The Morgan fingerprint density at radius 2 is 2.14 bits per heavy atom. The van der Waals surface area contributed by atoms with E-state index in [1.165, 1.54) is 12.8 Å². The normalized spacial score (nSPS) is 16.6. The van der Waals surface area contributed by atoms with Gasteiger partial charge in [-0.3, -0.25) is 4.79 Å². The van der Waals surface area contributed by atoms with E-state index in [1.807, 2.05) is 0 Å². The molecule has 0 unspecified atom stereocenters. The molecule has 1 saturated heterocycles. The summed E-state index contributed by atoms with van der Waals surface area (Å²) in [6.07, 6.45) is 4.51. The molecule has 1 aromatic heterocycles. The number of unbranched alkanes of at least 4 members (excludes halogenated alkanes) is 1. The van der Waals surface area contributed by atoms with Crippen molar-refractivity contribution in [3.05, 3.63) is 5.69 Å². The highest BCUT2D eigenvalue weighted by Crippen LogP contribution is 2.20. The van der Waals surface area contributed by atoms with E-state index in [0.29, 0.717) is 5.92 Å². The van der Waals surface area contributed by atoms with E-state index in [9.17, 15) is 4.79 Å². The lowest BCUT2D eigenvalue weighted by molar-refractivity contribution is 0.0663. The smallest absolute Gasteiger partial charge is 0.280 e. The summed E-state index contributed by atoms with van der Waals surface area (Å²) < 4.78 is 4.49. The first-order chi connectivity index (χ1) is 10.1. The van der Waals surface area contributed by atoms with Gasteiger partial charge in [-0.15, -0.1) is 0 Å². The zero-order chi connectivity index (χ0) is 15.2. The number of amides is 1. The maximum atomic E-state index is 12.2. The molecule has 7 nitrogen and oxygen atoms in total. The second kappa shape index (κ2) is 7.40. The van der Waals surface area contributed by atoms with Gasteiger partial charge in [0.1, 0.15) is 0 Å². The number of nitrogens with two attached hydrogens (primary N) is 1. The number of piperidine rings is 1. The third-order valence-corrected chi connectivity index (χ3v) is 4.08. The second-order valence-electron chi connectivity index (χ2n) is 5.85. The van der Waals surface area contributed by atoms with Crippen LogP contribution in [0.25, 0.3) is 0 Å². The number of nitrogens with zero attached hydrogens (tertiary/aromatic N) is 4. The number of aromatic nitrogens is 2. The summed E-state index contributed by atoms with van der Waals surface area (Å²) in [5, 5.41) is 7.03. The largest absolute Gasteiger partial charge is 0.379 e. The number of rotatable bonds is 6. The van der Waals surface area contributed by atoms with Crippen molar-refractivity contribution in [2.75, 3.05) is 39.0 Å². The Balaban J connectivity index is 1.78. The van der Waals surface area contributed by atoms with Gasteiger partial charge in [0.25, 0.3) is 5.91 Å². The zero-order valence-electron chi connectivity index (χ0n) is 12.9. The number of anilines is 1. The molecule has 1 amide bonds. The summed E-state index contributed by atoms with van der Waals surface area (Å²) in [5.74, 6) is 0.552. The summed E-state index contributed by atoms with van der Waals surface area (Å²) in [5.41, 5.74) is 5.70. The Morgan fingerprint density at radius 1 is 1.43 bits per heavy atom. The van der Waals surface area contributed by atoms with E-state index in [0.717, 1.165) is 39.0 Å².